The Bertz CT molecular complexity index is 645. The average Bonchev–Trinajstić information content (AvgIpc) is 2.78. The lowest BCUT2D eigenvalue weighted by Crippen LogP contribution is -2.11. The first-order chi connectivity index (χ1) is 9.52. The van der Waals surface area contributed by atoms with E-state index in [-0.39, 0.29) is 18.8 Å². The van der Waals surface area contributed by atoms with Crippen molar-refractivity contribution in [3.05, 3.63) is 45.4 Å². The number of methoxy groups -OCH3 is 1. The number of carboxylic acids is 1. The Morgan fingerprint density at radius 1 is 1.55 bits per heavy atom. The Labute approximate surface area is 122 Å². The third-order valence-corrected chi connectivity index (χ3v) is 3.14. The zero-order valence-corrected chi connectivity index (χ0v) is 12.1. The first-order valence-electron chi connectivity index (χ1n) is 5.61. The standard InChI is InChI=1S/C12H11BrFN3O3/c1-20-6-10-11(12(18)19)15-16-17(10)5-7-4-8(13)2-3-9(7)14/h2-4H,5-6H2,1H3,(H,18,19). The van der Waals surface area contributed by atoms with Gasteiger partial charge in [-0.2, -0.15) is 0 Å². The van der Waals surface area contributed by atoms with Crippen molar-refractivity contribution >= 4 is 21.9 Å². The number of carbonyl (C=O) groups is 1. The molecule has 106 valence electrons. The molecule has 0 aliphatic heterocycles. The van der Waals surface area contributed by atoms with Crippen LogP contribution in [-0.2, 0) is 17.9 Å². The third kappa shape index (κ3) is 3.02. The third-order valence-electron chi connectivity index (χ3n) is 2.65. The average molecular weight is 344 g/mol. The smallest absolute Gasteiger partial charge is 0.358 e. The van der Waals surface area contributed by atoms with Crippen molar-refractivity contribution in [1.29, 1.82) is 0 Å². The van der Waals surface area contributed by atoms with Crippen LogP contribution in [0.4, 0.5) is 4.39 Å². The van der Waals surface area contributed by atoms with E-state index in [1.165, 1.54) is 17.9 Å². The largest absolute Gasteiger partial charge is 0.476 e. The number of nitrogens with zero attached hydrogens (tertiary/aromatic N) is 3. The fourth-order valence-corrected chi connectivity index (χ4v) is 2.14. The first kappa shape index (κ1) is 14.6. The number of carboxylic acid groups (broad SMARTS) is 1. The summed E-state index contributed by atoms with van der Waals surface area (Å²) < 4.78 is 20.7. The van der Waals surface area contributed by atoms with Gasteiger partial charge in [0.15, 0.2) is 5.69 Å². The molecule has 0 unspecified atom stereocenters. The van der Waals surface area contributed by atoms with Crippen molar-refractivity contribution in [2.24, 2.45) is 0 Å². The Hall–Kier alpha value is -1.80. The molecular weight excluding hydrogens is 333 g/mol. The van der Waals surface area contributed by atoms with E-state index in [0.29, 0.717) is 11.3 Å². The summed E-state index contributed by atoms with van der Waals surface area (Å²) in [7, 11) is 1.43. The topological polar surface area (TPSA) is 77.2 Å². The Balaban J connectivity index is 2.38. The predicted molar refractivity (Wildman–Crippen MR) is 70.9 cm³/mol. The Morgan fingerprint density at radius 2 is 2.30 bits per heavy atom. The van der Waals surface area contributed by atoms with Crippen LogP contribution in [-0.4, -0.2) is 33.2 Å². The summed E-state index contributed by atoms with van der Waals surface area (Å²) in [6.45, 7) is 0.106. The predicted octanol–water partition coefficient (Wildman–Crippen LogP) is 2.07. The molecule has 0 bridgehead atoms. The van der Waals surface area contributed by atoms with Crippen molar-refractivity contribution in [3.8, 4) is 0 Å². The number of ether oxygens (including phenoxy) is 1. The van der Waals surface area contributed by atoms with Crippen LogP contribution in [0.1, 0.15) is 21.7 Å². The summed E-state index contributed by atoms with van der Waals surface area (Å²) in [5.41, 5.74) is 0.472. The fraction of sp³-hybridized carbons (Fsp3) is 0.250. The van der Waals surface area contributed by atoms with Gasteiger partial charge in [-0.05, 0) is 18.2 Å². The number of aromatic carboxylic acids is 1. The number of benzene rings is 1. The SMILES string of the molecule is COCc1c(C(=O)O)nnn1Cc1cc(Br)ccc1F. The van der Waals surface area contributed by atoms with Crippen LogP contribution < -0.4 is 0 Å². The molecule has 0 radical (unpaired) electrons. The second kappa shape index (κ2) is 6.10. The molecule has 1 heterocycles. The summed E-state index contributed by atoms with van der Waals surface area (Å²) in [5.74, 6) is -1.60. The Kier molecular flexibility index (Phi) is 4.46. The van der Waals surface area contributed by atoms with Crippen molar-refractivity contribution in [2.45, 2.75) is 13.2 Å². The maximum atomic E-state index is 13.7. The van der Waals surface area contributed by atoms with Gasteiger partial charge in [-0.3, -0.25) is 0 Å². The van der Waals surface area contributed by atoms with Crippen LogP contribution >= 0.6 is 15.9 Å². The molecule has 20 heavy (non-hydrogen) atoms. The van der Waals surface area contributed by atoms with Crippen LogP contribution in [0.2, 0.25) is 0 Å². The maximum Gasteiger partial charge on any atom is 0.358 e. The normalized spacial score (nSPS) is 10.8. The zero-order chi connectivity index (χ0) is 14.7. The van der Waals surface area contributed by atoms with Gasteiger partial charge in [0.25, 0.3) is 0 Å². The van der Waals surface area contributed by atoms with Gasteiger partial charge in [-0.25, -0.2) is 13.9 Å². The number of aromatic nitrogens is 3. The van der Waals surface area contributed by atoms with E-state index in [1.807, 2.05) is 0 Å². The summed E-state index contributed by atoms with van der Waals surface area (Å²) in [6.07, 6.45) is 0. The fourth-order valence-electron chi connectivity index (χ4n) is 1.73. The number of hydrogen-bond donors (Lipinski definition) is 1. The Morgan fingerprint density at radius 3 is 2.95 bits per heavy atom. The summed E-state index contributed by atoms with van der Waals surface area (Å²) in [4.78, 5) is 11.0. The molecular formula is C12H11BrFN3O3. The van der Waals surface area contributed by atoms with Crippen LogP contribution in [0.3, 0.4) is 0 Å². The van der Waals surface area contributed by atoms with Gasteiger partial charge in [-0.15, -0.1) is 5.10 Å². The summed E-state index contributed by atoms with van der Waals surface area (Å²) in [6, 6.07) is 4.51. The van der Waals surface area contributed by atoms with Gasteiger partial charge >= 0.3 is 5.97 Å². The van der Waals surface area contributed by atoms with Crippen LogP contribution in [0, 0.1) is 5.82 Å². The highest BCUT2D eigenvalue weighted by Crippen LogP contribution is 2.18. The van der Waals surface area contributed by atoms with Crippen molar-refractivity contribution < 1.29 is 19.0 Å². The first-order valence-corrected chi connectivity index (χ1v) is 6.40. The van der Waals surface area contributed by atoms with Crippen molar-refractivity contribution in [3.63, 3.8) is 0 Å². The molecule has 1 aromatic heterocycles. The van der Waals surface area contributed by atoms with Crippen molar-refractivity contribution in [1.82, 2.24) is 15.0 Å². The minimum absolute atomic E-state index is 0.0320. The number of halogens is 2. The molecule has 0 saturated heterocycles. The van der Waals surface area contributed by atoms with Gasteiger partial charge in [0.2, 0.25) is 0 Å². The van der Waals surface area contributed by atoms with E-state index >= 15 is 0 Å². The molecule has 8 heteroatoms. The van der Waals surface area contributed by atoms with Gasteiger partial charge in [0.1, 0.15) is 5.82 Å². The molecule has 0 aliphatic rings. The lowest BCUT2D eigenvalue weighted by atomic mass is 10.2. The summed E-state index contributed by atoms with van der Waals surface area (Å²) >= 11 is 3.26. The highest BCUT2D eigenvalue weighted by molar-refractivity contribution is 9.10. The molecule has 0 spiro atoms. The zero-order valence-electron chi connectivity index (χ0n) is 10.5. The van der Waals surface area contributed by atoms with Gasteiger partial charge in [0, 0.05) is 17.1 Å². The second-order valence-electron chi connectivity index (χ2n) is 4.02. The monoisotopic (exact) mass is 343 g/mol. The molecule has 0 saturated carbocycles. The van der Waals surface area contributed by atoms with Gasteiger partial charge < -0.3 is 9.84 Å². The lowest BCUT2D eigenvalue weighted by molar-refractivity contribution is 0.0684. The molecule has 0 fully saturated rings. The highest BCUT2D eigenvalue weighted by atomic mass is 79.9. The molecule has 0 atom stereocenters. The van der Waals surface area contributed by atoms with Gasteiger partial charge in [0.05, 0.1) is 18.8 Å². The molecule has 1 N–H and O–H groups in total. The van der Waals surface area contributed by atoms with E-state index in [4.69, 9.17) is 9.84 Å². The van der Waals surface area contributed by atoms with Crippen LogP contribution in [0.5, 0.6) is 0 Å². The quantitative estimate of drug-likeness (QED) is 0.899. The van der Waals surface area contributed by atoms with Crippen LogP contribution in [0.25, 0.3) is 0 Å². The maximum absolute atomic E-state index is 13.7. The lowest BCUT2D eigenvalue weighted by Gasteiger charge is -2.07. The minimum Gasteiger partial charge on any atom is -0.476 e. The minimum atomic E-state index is -1.20. The van der Waals surface area contributed by atoms with Crippen LogP contribution in [0.15, 0.2) is 22.7 Å². The molecule has 6 nitrogen and oxygen atoms in total. The highest BCUT2D eigenvalue weighted by Gasteiger charge is 2.19. The molecule has 2 rings (SSSR count). The molecule has 1 aromatic carbocycles. The van der Waals surface area contributed by atoms with E-state index in [0.717, 1.165) is 4.47 Å². The van der Waals surface area contributed by atoms with E-state index < -0.39 is 11.8 Å². The van der Waals surface area contributed by atoms with E-state index in [1.54, 1.807) is 12.1 Å². The molecule has 0 amide bonds. The summed E-state index contributed by atoms with van der Waals surface area (Å²) in [5, 5.41) is 16.3. The molecule has 2 aromatic rings. The van der Waals surface area contributed by atoms with E-state index in [2.05, 4.69) is 26.2 Å². The second-order valence-corrected chi connectivity index (χ2v) is 4.93. The molecule has 0 aliphatic carbocycles. The number of hydrogen-bond acceptors (Lipinski definition) is 4. The number of rotatable bonds is 5. The van der Waals surface area contributed by atoms with E-state index in [9.17, 15) is 9.18 Å². The van der Waals surface area contributed by atoms with Gasteiger partial charge in [-0.1, -0.05) is 21.1 Å². The van der Waals surface area contributed by atoms with Crippen molar-refractivity contribution in [2.75, 3.05) is 7.11 Å².